The maximum Gasteiger partial charge on any atom is 0.0502 e. The van der Waals surface area contributed by atoms with Gasteiger partial charge in [0, 0.05) is 0 Å². The van der Waals surface area contributed by atoms with Crippen LogP contribution in [0, 0.1) is 5.92 Å². The molecule has 0 saturated carbocycles. The lowest BCUT2D eigenvalue weighted by Crippen LogP contribution is -2.06. The quantitative estimate of drug-likeness (QED) is 0.430. The van der Waals surface area contributed by atoms with E-state index in [4.69, 9.17) is 0 Å². The van der Waals surface area contributed by atoms with E-state index in [1.807, 2.05) is 0 Å². The summed E-state index contributed by atoms with van der Waals surface area (Å²) in [6.45, 7) is 4.67. The zero-order valence-electron chi connectivity index (χ0n) is 12.5. The van der Waals surface area contributed by atoms with Crippen LogP contribution in [0.4, 0.5) is 0 Å². The fraction of sp³-hybridized carbons (Fsp3) is 1.00. The molecule has 1 rings (SSSR count). The van der Waals surface area contributed by atoms with Crippen molar-refractivity contribution in [2.24, 2.45) is 5.92 Å². The van der Waals surface area contributed by atoms with Crippen LogP contribution >= 0.6 is 23.5 Å². The van der Waals surface area contributed by atoms with Crippen molar-refractivity contribution in [3.05, 3.63) is 0 Å². The first-order chi connectivity index (χ1) is 8.79. The number of hydrogen-bond donors (Lipinski definition) is 0. The summed E-state index contributed by atoms with van der Waals surface area (Å²) >= 11 is 4.41. The van der Waals surface area contributed by atoms with Crippen molar-refractivity contribution in [1.82, 2.24) is 0 Å². The van der Waals surface area contributed by atoms with Gasteiger partial charge >= 0.3 is 0 Å². The average molecular weight is 289 g/mol. The first-order valence-corrected chi connectivity index (χ1v) is 10.1. The molecule has 2 heteroatoms. The number of hydrogen-bond acceptors (Lipinski definition) is 2. The Labute approximate surface area is 123 Å². The molecular weight excluding hydrogens is 256 g/mol. The molecule has 0 aromatic carbocycles. The van der Waals surface area contributed by atoms with Gasteiger partial charge in [-0.2, -0.15) is 0 Å². The Balaban J connectivity index is 1.75. The minimum Gasteiger partial charge on any atom is -0.148 e. The second-order valence-corrected chi connectivity index (χ2v) is 8.89. The van der Waals surface area contributed by atoms with Crippen molar-refractivity contribution >= 4 is 23.5 Å². The molecule has 0 aliphatic carbocycles. The predicted octanol–water partition coefficient (Wildman–Crippen LogP) is 6.35. The lowest BCUT2D eigenvalue weighted by Gasteiger charge is -2.20. The summed E-state index contributed by atoms with van der Waals surface area (Å²) in [7, 11) is 0. The summed E-state index contributed by atoms with van der Waals surface area (Å²) in [6, 6.07) is 0. The zero-order valence-corrected chi connectivity index (χ0v) is 14.1. The Morgan fingerprint density at radius 2 is 1.39 bits per heavy atom. The van der Waals surface area contributed by atoms with Crippen molar-refractivity contribution in [3.8, 4) is 0 Å². The van der Waals surface area contributed by atoms with E-state index >= 15 is 0 Å². The molecule has 0 N–H and O–H groups in total. The van der Waals surface area contributed by atoms with Gasteiger partial charge in [-0.3, -0.25) is 0 Å². The summed E-state index contributed by atoms with van der Waals surface area (Å²) in [5.74, 6) is 3.72. The third-order valence-electron chi connectivity index (χ3n) is 3.62. The van der Waals surface area contributed by atoms with Gasteiger partial charge in [0.2, 0.25) is 0 Å². The smallest absolute Gasteiger partial charge is 0.0502 e. The van der Waals surface area contributed by atoms with Gasteiger partial charge in [0.15, 0.2) is 0 Å². The van der Waals surface area contributed by atoms with Gasteiger partial charge < -0.3 is 0 Å². The van der Waals surface area contributed by atoms with Crippen molar-refractivity contribution in [2.75, 3.05) is 11.5 Å². The van der Waals surface area contributed by atoms with Crippen LogP contribution in [0.15, 0.2) is 0 Å². The summed E-state index contributed by atoms with van der Waals surface area (Å²) < 4.78 is 0.935. The molecule has 0 amide bonds. The van der Waals surface area contributed by atoms with Crippen LogP contribution in [0.5, 0.6) is 0 Å². The highest BCUT2D eigenvalue weighted by atomic mass is 32.2. The molecule has 1 fully saturated rings. The molecule has 0 radical (unpaired) electrons. The molecule has 0 unspecified atom stereocenters. The molecule has 1 heterocycles. The Bertz CT molecular complexity index is 174. The number of unbranched alkanes of at least 4 members (excludes halogenated alkanes) is 6. The van der Waals surface area contributed by atoms with Gasteiger partial charge in [0.25, 0.3) is 0 Å². The standard InChI is InChI=1S/C16H32S2/c1-15(2)11-8-6-4-3-5-7-9-12-16-17-13-10-14-18-16/h15-16H,3-14H2,1-2H3. The van der Waals surface area contributed by atoms with Gasteiger partial charge in [0.1, 0.15) is 0 Å². The molecule has 0 aromatic heterocycles. The van der Waals surface area contributed by atoms with Crippen LogP contribution < -0.4 is 0 Å². The van der Waals surface area contributed by atoms with Crippen LogP contribution in [0.1, 0.15) is 78.1 Å². The van der Waals surface area contributed by atoms with Gasteiger partial charge in [-0.1, -0.05) is 65.2 Å². The van der Waals surface area contributed by atoms with E-state index in [1.54, 1.807) is 0 Å². The topological polar surface area (TPSA) is 0 Å². The highest BCUT2D eigenvalue weighted by Crippen LogP contribution is 2.34. The monoisotopic (exact) mass is 288 g/mol. The third kappa shape index (κ3) is 9.61. The maximum absolute atomic E-state index is 2.33. The second kappa shape index (κ2) is 11.5. The second-order valence-electron chi connectivity index (χ2n) is 5.97. The van der Waals surface area contributed by atoms with Crippen molar-refractivity contribution in [2.45, 2.75) is 82.6 Å². The first-order valence-electron chi connectivity index (χ1n) is 8.02. The number of thioether (sulfide) groups is 2. The summed E-state index contributed by atoms with van der Waals surface area (Å²) in [5, 5.41) is 0. The Morgan fingerprint density at radius 1 is 0.833 bits per heavy atom. The number of rotatable bonds is 10. The molecule has 0 aromatic rings. The predicted molar refractivity (Wildman–Crippen MR) is 89.7 cm³/mol. The summed E-state index contributed by atoms with van der Waals surface area (Å²) in [4.78, 5) is 0. The highest BCUT2D eigenvalue weighted by molar-refractivity contribution is 8.17. The van der Waals surface area contributed by atoms with Crippen molar-refractivity contribution in [3.63, 3.8) is 0 Å². The van der Waals surface area contributed by atoms with Crippen LogP contribution in [0.25, 0.3) is 0 Å². The fourth-order valence-electron chi connectivity index (χ4n) is 2.45. The lowest BCUT2D eigenvalue weighted by molar-refractivity contribution is 0.508. The molecule has 1 aliphatic heterocycles. The van der Waals surface area contributed by atoms with E-state index in [-0.39, 0.29) is 0 Å². The van der Waals surface area contributed by atoms with E-state index in [2.05, 4.69) is 37.4 Å². The fourth-order valence-corrected chi connectivity index (χ4v) is 5.41. The molecule has 108 valence electrons. The largest absolute Gasteiger partial charge is 0.148 e. The molecule has 0 spiro atoms. The van der Waals surface area contributed by atoms with Crippen LogP contribution in [-0.2, 0) is 0 Å². The summed E-state index contributed by atoms with van der Waals surface area (Å²) in [5.41, 5.74) is 0. The highest BCUT2D eigenvalue weighted by Gasteiger charge is 2.13. The van der Waals surface area contributed by atoms with Crippen LogP contribution in [0.3, 0.4) is 0 Å². The Morgan fingerprint density at radius 3 is 2.00 bits per heavy atom. The van der Waals surface area contributed by atoms with Gasteiger partial charge in [0.05, 0.1) is 4.58 Å². The van der Waals surface area contributed by atoms with E-state index in [0.29, 0.717) is 0 Å². The van der Waals surface area contributed by atoms with Crippen molar-refractivity contribution < 1.29 is 0 Å². The minimum absolute atomic E-state index is 0.899. The third-order valence-corrected chi connectivity index (χ3v) is 6.70. The molecule has 0 atom stereocenters. The lowest BCUT2D eigenvalue weighted by atomic mass is 10.0. The van der Waals surface area contributed by atoms with E-state index in [9.17, 15) is 0 Å². The summed E-state index contributed by atoms with van der Waals surface area (Å²) in [6.07, 6.45) is 14.6. The van der Waals surface area contributed by atoms with Gasteiger partial charge in [-0.05, 0) is 30.3 Å². The first kappa shape index (κ1) is 16.8. The molecule has 1 aliphatic rings. The molecule has 0 nitrogen and oxygen atoms in total. The molecule has 18 heavy (non-hydrogen) atoms. The minimum atomic E-state index is 0.899. The van der Waals surface area contributed by atoms with Gasteiger partial charge in [-0.25, -0.2) is 0 Å². The normalized spacial score (nSPS) is 17.5. The molecular formula is C16H32S2. The van der Waals surface area contributed by atoms with Gasteiger partial charge in [-0.15, -0.1) is 23.5 Å². The van der Waals surface area contributed by atoms with Crippen molar-refractivity contribution in [1.29, 1.82) is 0 Å². The Hall–Kier alpha value is 0.700. The maximum atomic E-state index is 2.33. The van der Waals surface area contributed by atoms with Crippen LogP contribution in [-0.4, -0.2) is 16.1 Å². The SMILES string of the molecule is CC(C)CCCCCCCCCC1SCCCS1. The zero-order chi connectivity index (χ0) is 13.1. The van der Waals surface area contributed by atoms with E-state index in [1.165, 1.54) is 75.7 Å². The van der Waals surface area contributed by atoms with E-state index < -0.39 is 0 Å². The van der Waals surface area contributed by atoms with E-state index in [0.717, 1.165) is 10.5 Å². The van der Waals surface area contributed by atoms with Crippen LogP contribution in [0.2, 0.25) is 0 Å². The average Bonchev–Trinajstić information content (AvgIpc) is 2.37. The Kier molecular flexibility index (Phi) is 10.7. The molecule has 0 bridgehead atoms. The molecule has 1 saturated heterocycles.